The molecule has 2 aliphatic heterocycles. The summed E-state index contributed by atoms with van der Waals surface area (Å²) in [5.41, 5.74) is 0.675. The number of rotatable bonds is 4. The molecule has 2 aromatic rings. The first-order valence-corrected chi connectivity index (χ1v) is 7.33. The fourth-order valence-corrected chi connectivity index (χ4v) is 2.73. The third kappa shape index (κ3) is 2.53. The summed E-state index contributed by atoms with van der Waals surface area (Å²) in [7, 11) is 0. The van der Waals surface area contributed by atoms with Crippen molar-refractivity contribution in [3.05, 3.63) is 24.0 Å². The molecule has 9 nitrogen and oxygen atoms in total. The summed E-state index contributed by atoms with van der Waals surface area (Å²) in [6.45, 7) is 0.453. The quantitative estimate of drug-likeness (QED) is 0.878. The van der Waals surface area contributed by atoms with Gasteiger partial charge in [0, 0.05) is 18.5 Å². The second kappa shape index (κ2) is 5.52. The molecule has 9 heteroatoms. The van der Waals surface area contributed by atoms with Crippen LogP contribution >= 0.6 is 0 Å². The summed E-state index contributed by atoms with van der Waals surface area (Å²) >= 11 is 0. The van der Waals surface area contributed by atoms with Crippen LogP contribution < -0.4 is 9.47 Å². The lowest BCUT2D eigenvalue weighted by atomic mass is 10.1. The van der Waals surface area contributed by atoms with Crippen molar-refractivity contribution in [2.75, 3.05) is 13.3 Å². The van der Waals surface area contributed by atoms with Gasteiger partial charge in [0.1, 0.15) is 0 Å². The van der Waals surface area contributed by atoms with Crippen LogP contribution in [0.3, 0.4) is 0 Å². The second-order valence-corrected chi connectivity index (χ2v) is 5.60. The smallest absolute Gasteiger partial charge is 0.308 e. The zero-order valence-electron chi connectivity index (χ0n) is 12.5. The topological polar surface area (TPSA) is 115 Å². The predicted octanol–water partition coefficient (Wildman–Crippen LogP) is 0.898. The Labute approximate surface area is 135 Å². The average Bonchev–Trinajstić information content (AvgIpc) is 3.27. The van der Waals surface area contributed by atoms with Crippen LogP contribution in [-0.2, 0) is 16.1 Å². The molecule has 0 radical (unpaired) electrons. The summed E-state index contributed by atoms with van der Waals surface area (Å²) < 4.78 is 15.8. The normalized spacial score (nSPS) is 19.1. The predicted molar refractivity (Wildman–Crippen MR) is 77.0 cm³/mol. The van der Waals surface area contributed by atoms with Crippen LogP contribution in [0.15, 0.2) is 22.7 Å². The van der Waals surface area contributed by atoms with Gasteiger partial charge < -0.3 is 24.0 Å². The Kier molecular flexibility index (Phi) is 3.33. The summed E-state index contributed by atoms with van der Waals surface area (Å²) in [4.78, 5) is 28.5. The number of carboxylic acid groups (broad SMARTS) is 1. The number of hydrogen-bond acceptors (Lipinski definition) is 7. The Morgan fingerprint density at radius 1 is 1.33 bits per heavy atom. The number of benzene rings is 1. The van der Waals surface area contributed by atoms with Gasteiger partial charge >= 0.3 is 5.97 Å². The highest BCUT2D eigenvalue weighted by molar-refractivity contribution is 5.86. The second-order valence-electron chi connectivity index (χ2n) is 5.60. The van der Waals surface area contributed by atoms with Crippen molar-refractivity contribution < 1.29 is 28.7 Å². The van der Waals surface area contributed by atoms with E-state index in [9.17, 15) is 9.59 Å². The lowest BCUT2D eigenvalue weighted by molar-refractivity contribution is -0.141. The molecular formula is C15H13N3O6. The molecule has 1 amide bonds. The number of amides is 1. The van der Waals surface area contributed by atoms with Crippen molar-refractivity contribution >= 4 is 11.9 Å². The molecule has 1 unspecified atom stereocenters. The van der Waals surface area contributed by atoms with Crippen LogP contribution in [0, 0.1) is 5.92 Å². The molecule has 1 fully saturated rings. The number of likely N-dealkylation sites (tertiary alicyclic amines) is 1. The van der Waals surface area contributed by atoms with E-state index in [2.05, 4.69) is 10.1 Å². The fourth-order valence-electron chi connectivity index (χ4n) is 2.73. The molecular weight excluding hydrogens is 318 g/mol. The van der Waals surface area contributed by atoms with Crippen molar-refractivity contribution in [2.24, 2.45) is 5.92 Å². The molecule has 1 N–H and O–H groups in total. The number of hydrogen-bond donors (Lipinski definition) is 1. The number of carbonyl (C=O) groups is 2. The summed E-state index contributed by atoms with van der Waals surface area (Å²) in [6, 6.07) is 5.26. The van der Waals surface area contributed by atoms with Crippen LogP contribution in [-0.4, -0.2) is 45.4 Å². The first-order chi connectivity index (χ1) is 11.6. The highest BCUT2D eigenvalue weighted by Gasteiger charge is 2.34. The van der Waals surface area contributed by atoms with E-state index in [1.165, 1.54) is 4.90 Å². The van der Waals surface area contributed by atoms with Gasteiger partial charge in [-0.05, 0) is 18.2 Å². The monoisotopic (exact) mass is 331 g/mol. The van der Waals surface area contributed by atoms with E-state index in [0.29, 0.717) is 28.8 Å². The highest BCUT2D eigenvalue weighted by atomic mass is 16.7. The van der Waals surface area contributed by atoms with E-state index in [1.807, 2.05) is 0 Å². The van der Waals surface area contributed by atoms with Gasteiger partial charge in [-0.25, -0.2) is 0 Å². The van der Waals surface area contributed by atoms with E-state index in [1.54, 1.807) is 18.2 Å². The van der Waals surface area contributed by atoms with Crippen molar-refractivity contribution in [3.8, 4) is 23.0 Å². The maximum atomic E-state index is 11.8. The maximum absolute atomic E-state index is 11.8. The maximum Gasteiger partial charge on any atom is 0.308 e. The Hall–Kier alpha value is -3.10. The molecule has 1 atom stereocenters. The van der Waals surface area contributed by atoms with E-state index in [0.717, 1.165) is 0 Å². The molecule has 2 aliphatic rings. The Balaban J connectivity index is 1.49. The molecule has 1 aromatic heterocycles. The summed E-state index contributed by atoms with van der Waals surface area (Å²) in [6.07, 6.45) is 0.00219. The minimum Gasteiger partial charge on any atom is -0.481 e. The molecule has 0 saturated carbocycles. The van der Waals surface area contributed by atoms with Gasteiger partial charge in [-0.1, -0.05) is 5.16 Å². The number of aromatic nitrogens is 2. The van der Waals surface area contributed by atoms with Crippen molar-refractivity contribution in [2.45, 2.75) is 13.0 Å². The standard InChI is InChI=1S/C15H13N3O6/c19-13-4-9(15(20)21)5-18(13)6-12-16-14(24-17-12)8-1-2-10-11(3-8)23-7-22-10/h1-3,9H,4-7H2,(H,20,21). The van der Waals surface area contributed by atoms with Crippen LogP contribution in [0.2, 0.25) is 0 Å². The minimum atomic E-state index is -0.972. The van der Waals surface area contributed by atoms with Gasteiger partial charge in [-0.15, -0.1) is 0 Å². The first kappa shape index (κ1) is 14.5. The van der Waals surface area contributed by atoms with E-state index in [-0.39, 0.29) is 32.2 Å². The average molecular weight is 331 g/mol. The number of aliphatic carboxylic acids is 1. The Bertz CT molecular complexity index is 817. The van der Waals surface area contributed by atoms with Gasteiger partial charge in [0.05, 0.1) is 12.5 Å². The van der Waals surface area contributed by atoms with E-state index >= 15 is 0 Å². The van der Waals surface area contributed by atoms with Crippen LogP contribution in [0.1, 0.15) is 12.2 Å². The molecule has 124 valence electrons. The number of carbonyl (C=O) groups excluding carboxylic acids is 1. The van der Waals surface area contributed by atoms with Crippen LogP contribution in [0.25, 0.3) is 11.5 Å². The molecule has 0 aliphatic carbocycles. The van der Waals surface area contributed by atoms with Crippen molar-refractivity contribution in [1.29, 1.82) is 0 Å². The lowest BCUT2D eigenvalue weighted by Gasteiger charge is -2.12. The molecule has 1 saturated heterocycles. The molecule has 0 bridgehead atoms. The van der Waals surface area contributed by atoms with Gasteiger partial charge in [0.15, 0.2) is 17.3 Å². The summed E-state index contributed by atoms with van der Waals surface area (Å²) in [5.74, 6) is -0.00602. The molecule has 4 rings (SSSR count). The van der Waals surface area contributed by atoms with Gasteiger partial charge in [-0.2, -0.15) is 4.98 Å². The van der Waals surface area contributed by atoms with Crippen molar-refractivity contribution in [1.82, 2.24) is 15.0 Å². The van der Waals surface area contributed by atoms with E-state index < -0.39 is 11.9 Å². The number of nitrogens with zero attached hydrogens (tertiary/aromatic N) is 3. The minimum absolute atomic E-state index is 0.00219. The Morgan fingerprint density at radius 3 is 2.96 bits per heavy atom. The van der Waals surface area contributed by atoms with Crippen molar-refractivity contribution in [3.63, 3.8) is 0 Å². The van der Waals surface area contributed by atoms with Crippen LogP contribution in [0.5, 0.6) is 11.5 Å². The number of carboxylic acids is 1. The molecule has 3 heterocycles. The van der Waals surface area contributed by atoms with E-state index in [4.69, 9.17) is 19.1 Å². The number of ether oxygens (including phenoxy) is 2. The third-order valence-corrected chi connectivity index (χ3v) is 3.98. The van der Waals surface area contributed by atoms with Gasteiger partial charge in [0.25, 0.3) is 5.89 Å². The SMILES string of the molecule is O=C(O)C1CC(=O)N(Cc2noc(-c3ccc4c(c3)OCO4)n2)C1. The van der Waals surface area contributed by atoms with Gasteiger partial charge in [0.2, 0.25) is 12.7 Å². The highest BCUT2D eigenvalue weighted by Crippen LogP contribution is 2.35. The Morgan fingerprint density at radius 2 is 2.17 bits per heavy atom. The fraction of sp³-hybridized carbons (Fsp3) is 0.333. The summed E-state index contributed by atoms with van der Waals surface area (Å²) in [5, 5.41) is 12.8. The first-order valence-electron chi connectivity index (χ1n) is 7.33. The third-order valence-electron chi connectivity index (χ3n) is 3.98. The molecule has 24 heavy (non-hydrogen) atoms. The zero-order valence-corrected chi connectivity index (χ0v) is 12.5. The zero-order chi connectivity index (χ0) is 16.7. The number of fused-ring (bicyclic) bond motifs is 1. The lowest BCUT2D eigenvalue weighted by Crippen LogP contribution is -2.26. The molecule has 0 spiro atoms. The molecule has 1 aromatic carbocycles. The largest absolute Gasteiger partial charge is 0.481 e. The van der Waals surface area contributed by atoms with Gasteiger partial charge in [-0.3, -0.25) is 9.59 Å². The van der Waals surface area contributed by atoms with Crippen LogP contribution in [0.4, 0.5) is 0 Å².